The minimum atomic E-state index is -3.62. The first-order valence-corrected chi connectivity index (χ1v) is 11.4. The number of hydrogen-bond donors (Lipinski definition) is 0. The topological polar surface area (TPSA) is 115 Å². The van der Waals surface area contributed by atoms with Crippen LogP contribution in [-0.2, 0) is 26.2 Å². The molecule has 3 heterocycles. The maximum Gasteiger partial charge on any atom is 0.309 e. The van der Waals surface area contributed by atoms with Crippen molar-refractivity contribution in [3.05, 3.63) is 59.7 Å². The Morgan fingerprint density at radius 1 is 1.16 bits per heavy atom. The Morgan fingerprint density at radius 2 is 1.90 bits per heavy atom. The number of halogens is 1. The van der Waals surface area contributed by atoms with E-state index in [2.05, 4.69) is 15.2 Å². The number of hydrogen-bond acceptors (Lipinski definition) is 8. The molecule has 0 amide bonds. The van der Waals surface area contributed by atoms with Crippen LogP contribution in [0, 0.1) is 5.92 Å². The van der Waals surface area contributed by atoms with Crippen LogP contribution >= 0.6 is 11.6 Å². The Morgan fingerprint density at radius 3 is 2.58 bits per heavy atom. The van der Waals surface area contributed by atoms with E-state index in [0.717, 1.165) is 0 Å². The van der Waals surface area contributed by atoms with Crippen molar-refractivity contribution in [2.24, 2.45) is 5.92 Å². The SMILES string of the molecule is O=C(OCc1nnc(-c2ccc(Cl)cc2)o1)C1CCN(S(=O)(=O)c2cccnc2)CC1. The van der Waals surface area contributed by atoms with Crippen molar-refractivity contribution in [2.45, 2.75) is 24.3 Å². The number of carbonyl (C=O) groups is 1. The number of esters is 1. The molecule has 0 unspecified atom stereocenters. The van der Waals surface area contributed by atoms with Crippen molar-refractivity contribution >= 4 is 27.6 Å². The molecule has 9 nitrogen and oxygen atoms in total. The van der Waals surface area contributed by atoms with Gasteiger partial charge in [-0.2, -0.15) is 4.31 Å². The van der Waals surface area contributed by atoms with Crippen molar-refractivity contribution in [1.82, 2.24) is 19.5 Å². The van der Waals surface area contributed by atoms with Crippen LogP contribution in [-0.4, -0.2) is 47.0 Å². The van der Waals surface area contributed by atoms with E-state index in [9.17, 15) is 13.2 Å². The highest BCUT2D eigenvalue weighted by atomic mass is 35.5. The van der Waals surface area contributed by atoms with Gasteiger partial charge >= 0.3 is 5.97 Å². The second kappa shape index (κ2) is 9.13. The molecule has 0 atom stereocenters. The highest BCUT2D eigenvalue weighted by Gasteiger charge is 2.33. The fraction of sp³-hybridized carbons (Fsp3) is 0.300. The normalized spacial score (nSPS) is 15.6. The van der Waals surface area contributed by atoms with Crippen molar-refractivity contribution in [3.63, 3.8) is 0 Å². The van der Waals surface area contributed by atoms with E-state index < -0.39 is 16.0 Å². The fourth-order valence-corrected chi connectivity index (χ4v) is 4.81. The summed E-state index contributed by atoms with van der Waals surface area (Å²) in [6, 6.07) is 10.00. The van der Waals surface area contributed by atoms with E-state index in [-0.39, 0.29) is 36.4 Å². The average molecular weight is 463 g/mol. The van der Waals surface area contributed by atoms with Gasteiger partial charge in [-0.3, -0.25) is 9.78 Å². The number of carbonyl (C=O) groups excluding carboxylic acids is 1. The van der Waals surface area contributed by atoms with E-state index in [1.165, 1.54) is 22.8 Å². The number of ether oxygens (including phenoxy) is 1. The zero-order valence-corrected chi connectivity index (χ0v) is 17.9. The third-order valence-corrected chi connectivity index (χ3v) is 7.09. The van der Waals surface area contributed by atoms with Gasteiger partial charge in [-0.15, -0.1) is 10.2 Å². The summed E-state index contributed by atoms with van der Waals surface area (Å²) >= 11 is 5.86. The molecule has 1 aliphatic rings. The molecule has 0 spiro atoms. The smallest absolute Gasteiger partial charge is 0.309 e. The summed E-state index contributed by atoms with van der Waals surface area (Å²) in [5.41, 5.74) is 0.705. The molecule has 0 bridgehead atoms. The molecule has 162 valence electrons. The number of sulfonamides is 1. The molecule has 3 aromatic rings. The zero-order chi connectivity index (χ0) is 21.8. The molecule has 0 aliphatic carbocycles. The first-order valence-electron chi connectivity index (χ1n) is 9.58. The van der Waals surface area contributed by atoms with Crippen LogP contribution in [0.1, 0.15) is 18.7 Å². The molecular weight excluding hydrogens is 444 g/mol. The third-order valence-electron chi connectivity index (χ3n) is 4.96. The first-order chi connectivity index (χ1) is 14.9. The summed E-state index contributed by atoms with van der Waals surface area (Å²) in [6.45, 7) is 0.324. The molecule has 2 aromatic heterocycles. The summed E-state index contributed by atoms with van der Waals surface area (Å²) in [5, 5.41) is 8.43. The maximum absolute atomic E-state index is 12.6. The summed E-state index contributed by atoms with van der Waals surface area (Å²) in [6.07, 6.45) is 3.58. The van der Waals surface area contributed by atoms with E-state index in [1.807, 2.05) is 0 Å². The van der Waals surface area contributed by atoms with Gasteiger partial charge in [0.1, 0.15) is 4.90 Å². The molecule has 31 heavy (non-hydrogen) atoms. The number of benzene rings is 1. The van der Waals surface area contributed by atoms with Gasteiger partial charge in [0.2, 0.25) is 15.9 Å². The summed E-state index contributed by atoms with van der Waals surface area (Å²) in [7, 11) is -3.62. The van der Waals surface area contributed by atoms with E-state index >= 15 is 0 Å². The fourth-order valence-electron chi connectivity index (χ4n) is 3.25. The highest BCUT2D eigenvalue weighted by Crippen LogP contribution is 2.25. The lowest BCUT2D eigenvalue weighted by atomic mass is 9.98. The zero-order valence-electron chi connectivity index (χ0n) is 16.3. The van der Waals surface area contributed by atoms with E-state index in [4.69, 9.17) is 20.8 Å². The van der Waals surface area contributed by atoms with Crippen molar-refractivity contribution < 1.29 is 22.4 Å². The molecule has 1 fully saturated rings. The molecule has 0 N–H and O–H groups in total. The Labute approximate surface area is 184 Å². The monoisotopic (exact) mass is 462 g/mol. The molecule has 0 radical (unpaired) electrons. The van der Waals surface area contributed by atoms with Crippen LogP contribution in [0.15, 0.2) is 58.1 Å². The van der Waals surface area contributed by atoms with Crippen LogP contribution in [0.5, 0.6) is 0 Å². The van der Waals surface area contributed by atoms with Crippen LogP contribution in [0.4, 0.5) is 0 Å². The maximum atomic E-state index is 12.6. The lowest BCUT2D eigenvalue weighted by Gasteiger charge is -2.29. The van der Waals surface area contributed by atoms with Crippen LogP contribution in [0.2, 0.25) is 5.02 Å². The van der Waals surface area contributed by atoms with Crippen molar-refractivity contribution in [3.8, 4) is 11.5 Å². The number of piperidine rings is 1. The third kappa shape index (κ3) is 4.92. The van der Waals surface area contributed by atoms with Gasteiger partial charge in [-0.1, -0.05) is 11.6 Å². The van der Waals surface area contributed by atoms with Crippen LogP contribution in [0.25, 0.3) is 11.5 Å². The summed E-state index contributed by atoms with van der Waals surface area (Å²) in [4.78, 5) is 16.4. The van der Waals surface area contributed by atoms with Crippen molar-refractivity contribution in [1.29, 1.82) is 0 Å². The highest BCUT2D eigenvalue weighted by molar-refractivity contribution is 7.89. The molecule has 1 saturated heterocycles. The summed E-state index contributed by atoms with van der Waals surface area (Å²) in [5.74, 6) is -0.324. The molecule has 1 aromatic carbocycles. The second-order valence-electron chi connectivity index (χ2n) is 6.98. The average Bonchev–Trinajstić information content (AvgIpc) is 3.28. The van der Waals surface area contributed by atoms with Gasteiger partial charge in [0, 0.05) is 36.1 Å². The Balaban J connectivity index is 1.29. The van der Waals surface area contributed by atoms with Gasteiger partial charge < -0.3 is 9.15 Å². The molecule has 0 saturated carbocycles. The second-order valence-corrected chi connectivity index (χ2v) is 9.36. The number of nitrogens with zero attached hydrogens (tertiary/aromatic N) is 4. The quantitative estimate of drug-likeness (QED) is 0.513. The Kier molecular flexibility index (Phi) is 6.30. The number of rotatable bonds is 6. The van der Waals surface area contributed by atoms with Crippen LogP contribution in [0.3, 0.4) is 0 Å². The van der Waals surface area contributed by atoms with Gasteiger partial charge in [-0.25, -0.2) is 8.42 Å². The molecular formula is C20H19ClN4O5S. The van der Waals surface area contributed by atoms with Gasteiger partial charge in [-0.05, 0) is 49.2 Å². The minimum Gasteiger partial charge on any atom is -0.455 e. The largest absolute Gasteiger partial charge is 0.455 e. The van der Waals surface area contributed by atoms with Gasteiger partial charge in [0.05, 0.1) is 5.92 Å². The van der Waals surface area contributed by atoms with E-state index in [0.29, 0.717) is 29.3 Å². The lowest BCUT2D eigenvalue weighted by Crippen LogP contribution is -2.40. The van der Waals surface area contributed by atoms with Crippen molar-refractivity contribution in [2.75, 3.05) is 13.1 Å². The number of pyridine rings is 1. The van der Waals surface area contributed by atoms with E-state index in [1.54, 1.807) is 30.3 Å². The summed E-state index contributed by atoms with van der Waals surface area (Å²) < 4.78 is 37.5. The predicted molar refractivity (Wildman–Crippen MR) is 110 cm³/mol. The molecule has 4 rings (SSSR count). The Bertz CT molecular complexity index is 1140. The van der Waals surface area contributed by atoms with Gasteiger partial charge in [0.25, 0.3) is 5.89 Å². The standard InChI is InChI=1S/C20H19ClN4O5S/c21-16-5-3-14(4-6-16)19-24-23-18(30-19)13-29-20(26)15-7-10-25(11-8-15)31(27,28)17-2-1-9-22-12-17/h1-6,9,12,15H,7-8,10-11,13H2. The van der Waals surface area contributed by atoms with Gasteiger partial charge in [0.15, 0.2) is 6.61 Å². The first kappa shape index (κ1) is 21.4. The van der Waals surface area contributed by atoms with Crippen LogP contribution < -0.4 is 0 Å². The molecule has 1 aliphatic heterocycles. The number of aromatic nitrogens is 3. The predicted octanol–water partition coefficient (Wildman–Crippen LogP) is 2.93. The minimum absolute atomic E-state index is 0.143. The Hall–Kier alpha value is -2.82. The molecule has 11 heteroatoms. The lowest BCUT2D eigenvalue weighted by molar-refractivity contribution is -0.151.